The molecule has 0 atom stereocenters. The Morgan fingerprint density at radius 2 is 1.74 bits per heavy atom. The van der Waals surface area contributed by atoms with Gasteiger partial charge in [-0.05, 0) is 42.2 Å². The molecule has 0 spiro atoms. The number of aromatic nitrogens is 1. The molecule has 1 aromatic carbocycles. The monoisotopic (exact) mass is 368 g/mol. The first kappa shape index (κ1) is 21.1. The number of nitrogens with zero attached hydrogens (tertiary/aromatic N) is 1. The zero-order valence-electron chi connectivity index (χ0n) is 17.4. The standard InChI is InChI=1S/C23H32N2O2/c1-14(2)11-18-21(22(26)27)20(16-9-7-15(3)8-10-16)17(13-24)19(25-18)12-23(4,5)6/h7-10,14H,11-13,24H2,1-6H3,(H,26,27). The van der Waals surface area contributed by atoms with Gasteiger partial charge in [0.1, 0.15) is 0 Å². The summed E-state index contributed by atoms with van der Waals surface area (Å²) in [5.41, 5.74) is 11.6. The van der Waals surface area contributed by atoms with E-state index in [9.17, 15) is 9.90 Å². The van der Waals surface area contributed by atoms with Crippen molar-refractivity contribution in [3.05, 3.63) is 52.3 Å². The first-order chi connectivity index (χ1) is 12.5. The Labute approximate surface area is 162 Å². The summed E-state index contributed by atoms with van der Waals surface area (Å²) in [6.45, 7) is 12.9. The van der Waals surface area contributed by atoms with Gasteiger partial charge in [0.25, 0.3) is 0 Å². The molecule has 27 heavy (non-hydrogen) atoms. The number of aryl methyl sites for hydroxylation is 1. The summed E-state index contributed by atoms with van der Waals surface area (Å²) >= 11 is 0. The number of nitrogens with two attached hydrogens (primary N) is 1. The van der Waals surface area contributed by atoms with Crippen molar-refractivity contribution in [1.29, 1.82) is 0 Å². The second-order valence-electron chi connectivity index (χ2n) is 8.94. The van der Waals surface area contributed by atoms with Crippen LogP contribution in [0.4, 0.5) is 0 Å². The zero-order chi connectivity index (χ0) is 20.4. The van der Waals surface area contributed by atoms with Crippen LogP contribution >= 0.6 is 0 Å². The number of carboxylic acids is 1. The molecular formula is C23H32N2O2. The van der Waals surface area contributed by atoms with Crippen LogP contribution in [0.2, 0.25) is 0 Å². The fourth-order valence-corrected chi connectivity index (χ4v) is 3.40. The fraction of sp³-hybridized carbons (Fsp3) is 0.478. The summed E-state index contributed by atoms with van der Waals surface area (Å²) in [5.74, 6) is -0.626. The summed E-state index contributed by atoms with van der Waals surface area (Å²) in [7, 11) is 0. The SMILES string of the molecule is Cc1ccc(-c2c(CN)c(CC(C)(C)C)nc(CC(C)C)c2C(=O)O)cc1. The Kier molecular flexibility index (Phi) is 6.42. The van der Waals surface area contributed by atoms with E-state index in [1.165, 1.54) is 0 Å². The van der Waals surface area contributed by atoms with Crippen molar-refractivity contribution in [3.63, 3.8) is 0 Å². The molecule has 3 N–H and O–H groups in total. The average molecular weight is 369 g/mol. The van der Waals surface area contributed by atoms with E-state index >= 15 is 0 Å². The third-order valence-electron chi connectivity index (χ3n) is 4.52. The molecule has 4 heteroatoms. The Morgan fingerprint density at radius 3 is 2.19 bits per heavy atom. The number of pyridine rings is 1. The molecule has 1 aromatic heterocycles. The van der Waals surface area contributed by atoms with Gasteiger partial charge in [-0.3, -0.25) is 4.98 Å². The molecule has 4 nitrogen and oxygen atoms in total. The normalized spacial score (nSPS) is 11.9. The lowest BCUT2D eigenvalue weighted by molar-refractivity contribution is 0.0695. The minimum Gasteiger partial charge on any atom is -0.478 e. The highest BCUT2D eigenvalue weighted by Gasteiger charge is 2.26. The van der Waals surface area contributed by atoms with Crippen molar-refractivity contribution in [3.8, 4) is 11.1 Å². The molecule has 0 bridgehead atoms. The van der Waals surface area contributed by atoms with Gasteiger partial charge in [-0.2, -0.15) is 0 Å². The molecule has 0 fully saturated rings. The van der Waals surface area contributed by atoms with Crippen LogP contribution in [0.1, 0.15) is 67.5 Å². The Bertz CT molecular complexity index is 816. The van der Waals surface area contributed by atoms with Crippen molar-refractivity contribution < 1.29 is 9.90 Å². The second-order valence-corrected chi connectivity index (χ2v) is 8.94. The van der Waals surface area contributed by atoms with Crippen LogP contribution in [0, 0.1) is 18.3 Å². The Morgan fingerprint density at radius 1 is 1.15 bits per heavy atom. The van der Waals surface area contributed by atoms with Gasteiger partial charge < -0.3 is 10.8 Å². The minimum absolute atomic E-state index is 0.0291. The first-order valence-corrected chi connectivity index (χ1v) is 9.58. The van der Waals surface area contributed by atoms with Crippen molar-refractivity contribution >= 4 is 5.97 Å². The predicted molar refractivity (Wildman–Crippen MR) is 111 cm³/mol. The lowest BCUT2D eigenvalue weighted by Crippen LogP contribution is -2.20. The van der Waals surface area contributed by atoms with Crippen molar-refractivity contribution in [2.75, 3.05) is 0 Å². The van der Waals surface area contributed by atoms with Gasteiger partial charge in [0.15, 0.2) is 0 Å². The number of carbonyl (C=O) groups is 1. The Balaban J connectivity index is 2.87. The Hall–Kier alpha value is -2.20. The number of aromatic carboxylic acids is 1. The van der Waals surface area contributed by atoms with Gasteiger partial charge in [0.2, 0.25) is 0 Å². The van der Waals surface area contributed by atoms with Crippen LogP contribution in [-0.2, 0) is 19.4 Å². The number of hydrogen-bond donors (Lipinski definition) is 2. The van der Waals surface area contributed by atoms with Crippen LogP contribution in [0.15, 0.2) is 24.3 Å². The molecule has 0 aliphatic carbocycles. The van der Waals surface area contributed by atoms with E-state index in [4.69, 9.17) is 10.7 Å². The van der Waals surface area contributed by atoms with E-state index in [0.717, 1.165) is 34.4 Å². The maximum atomic E-state index is 12.2. The smallest absolute Gasteiger partial charge is 0.338 e. The van der Waals surface area contributed by atoms with Crippen molar-refractivity contribution in [2.24, 2.45) is 17.1 Å². The third kappa shape index (κ3) is 5.16. The molecule has 0 amide bonds. The minimum atomic E-state index is -0.939. The highest BCUT2D eigenvalue weighted by atomic mass is 16.4. The van der Waals surface area contributed by atoms with Gasteiger partial charge in [-0.1, -0.05) is 64.4 Å². The summed E-state index contributed by atoms with van der Waals surface area (Å²) in [4.78, 5) is 17.1. The number of carboxylic acid groups (broad SMARTS) is 1. The highest BCUT2D eigenvalue weighted by Crippen LogP contribution is 2.35. The van der Waals surface area contributed by atoms with Crippen molar-refractivity contribution in [1.82, 2.24) is 4.98 Å². The molecule has 0 saturated carbocycles. The number of benzene rings is 1. The van der Waals surface area contributed by atoms with E-state index in [2.05, 4.69) is 34.6 Å². The summed E-state index contributed by atoms with van der Waals surface area (Å²) < 4.78 is 0. The fourth-order valence-electron chi connectivity index (χ4n) is 3.40. The first-order valence-electron chi connectivity index (χ1n) is 9.58. The van der Waals surface area contributed by atoms with Gasteiger partial charge >= 0.3 is 5.97 Å². The van der Waals surface area contributed by atoms with Gasteiger partial charge in [-0.25, -0.2) is 4.79 Å². The van der Waals surface area contributed by atoms with Gasteiger partial charge in [0.05, 0.1) is 11.3 Å². The van der Waals surface area contributed by atoms with Crippen LogP contribution < -0.4 is 5.73 Å². The van der Waals surface area contributed by atoms with E-state index in [0.29, 0.717) is 23.6 Å². The zero-order valence-corrected chi connectivity index (χ0v) is 17.4. The van der Waals surface area contributed by atoms with Crippen LogP contribution in [0.5, 0.6) is 0 Å². The van der Waals surface area contributed by atoms with Crippen molar-refractivity contribution in [2.45, 2.75) is 60.9 Å². The molecule has 146 valence electrons. The lowest BCUT2D eigenvalue weighted by atomic mass is 9.84. The molecule has 0 saturated heterocycles. The quantitative estimate of drug-likeness (QED) is 0.752. The molecule has 2 rings (SSSR count). The van der Waals surface area contributed by atoms with Gasteiger partial charge in [0, 0.05) is 17.8 Å². The molecular weight excluding hydrogens is 336 g/mol. The topological polar surface area (TPSA) is 76.2 Å². The maximum absolute atomic E-state index is 12.2. The molecule has 0 radical (unpaired) electrons. The summed E-state index contributed by atoms with van der Waals surface area (Å²) in [5, 5.41) is 10.0. The van der Waals surface area contributed by atoms with Gasteiger partial charge in [-0.15, -0.1) is 0 Å². The van der Waals surface area contributed by atoms with Crippen LogP contribution in [0.25, 0.3) is 11.1 Å². The lowest BCUT2D eigenvalue weighted by Gasteiger charge is -2.24. The molecule has 2 aromatic rings. The van der Waals surface area contributed by atoms with E-state index in [1.54, 1.807) is 0 Å². The molecule has 0 aliphatic heterocycles. The maximum Gasteiger partial charge on any atom is 0.338 e. The van der Waals surface area contributed by atoms with E-state index in [-0.39, 0.29) is 12.0 Å². The largest absolute Gasteiger partial charge is 0.478 e. The summed E-state index contributed by atoms with van der Waals surface area (Å²) in [6.07, 6.45) is 1.38. The van der Waals surface area contributed by atoms with Crippen LogP contribution in [-0.4, -0.2) is 16.1 Å². The highest BCUT2D eigenvalue weighted by molar-refractivity contribution is 5.98. The molecule has 0 aliphatic rings. The number of rotatable bonds is 6. The van der Waals surface area contributed by atoms with Crippen LogP contribution in [0.3, 0.4) is 0 Å². The van der Waals surface area contributed by atoms with E-state index in [1.807, 2.05) is 31.2 Å². The average Bonchev–Trinajstić information content (AvgIpc) is 2.52. The van der Waals surface area contributed by atoms with E-state index < -0.39 is 5.97 Å². The third-order valence-corrected chi connectivity index (χ3v) is 4.52. The molecule has 1 heterocycles. The second kappa shape index (κ2) is 8.22. The number of hydrogen-bond acceptors (Lipinski definition) is 3. The molecule has 0 unspecified atom stereocenters. The predicted octanol–water partition coefficient (Wildman–Crippen LogP) is 5.00. The summed E-state index contributed by atoms with van der Waals surface area (Å²) in [6, 6.07) is 7.98.